The molecule has 0 radical (unpaired) electrons. The minimum absolute atomic E-state index is 0.0572. The minimum atomic E-state index is 0.0572. The molecule has 0 bridgehead atoms. The second-order valence-corrected chi connectivity index (χ2v) is 9.16. The predicted octanol–water partition coefficient (Wildman–Crippen LogP) is 8.02. The topological polar surface area (TPSA) is 9.23 Å². The summed E-state index contributed by atoms with van der Waals surface area (Å²) >= 11 is 0. The average Bonchev–Trinajstić information content (AvgIpc) is 3.00. The monoisotopic (exact) mass is 412 g/mol. The number of rotatable bonds is 0. The van der Waals surface area contributed by atoms with Gasteiger partial charge in [0.2, 0.25) is 0 Å². The Hall–Kier alpha value is -3.42. The van der Waals surface area contributed by atoms with Gasteiger partial charge in [-0.2, -0.15) is 0 Å². The van der Waals surface area contributed by atoms with Gasteiger partial charge in [-0.25, -0.2) is 0 Å². The van der Waals surface area contributed by atoms with Crippen molar-refractivity contribution in [2.75, 3.05) is 0 Å². The van der Waals surface area contributed by atoms with E-state index >= 15 is 0 Å². The van der Waals surface area contributed by atoms with Crippen LogP contribution in [0.25, 0.3) is 43.8 Å². The second kappa shape index (κ2) is 6.79. The first kappa shape index (κ1) is 18.2. The number of hydrogen-bond acceptors (Lipinski definition) is 1. The number of hydrogen-bond donors (Lipinski definition) is 0. The van der Waals surface area contributed by atoms with E-state index in [0.29, 0.717) is 6.61 Å². The van der Waals surface area contributed by atoms with Gasteiger partial charge in [-0.3, -0.25) is 0 Å². The van der Waals surface area contributed by atoms with Crippen molar-refractivity contribution in [1.29, 1.82) is 0 Å². The van der Waals surface area contributed by atoms with E-state index in [1.807, 2.05) is 0 Å². The third-order valence-electron chi connectivity index (χ3n) is 7.44. The summed E-state index contributed by atoms with van der Waals surface area (Å²) in [5.41, 5.74) is 11.1. The summed E-state index contributed by atoms with van der Waals surface area (Å²) in [4.78, 5) is 0. The molecule has 5 aromatic rings. The molecule has 5 aromatic carbocycles. The van der Waals surface area contributed by atoms with Gasteiger partial charge in [-0.05, 0) is 85.8 Å². The Labute approximate surface area is 188 Å². The van der Waals surface area contributed by atoms with Crippen molar-refractivity contribution in [2.45, 2.75) is 32.5 Å². The number of fused-ring (bicyclic) bond motifs is 11. The van der Waals surface area contributed by atoms with Crippen LogP contribution in [0, 0.1) is 0 Å². The highest BCUT2D eigenvalue weighted by Gasteiger charge is 2.29. The lowest BCUT2D eigenvalue weighted by Gasteiger charge is -2.27. The third-order valence-corrected chi connectivity index (χ3v) is 7.44. The fraction of sp³-hybridized carbons (Fsp3) is 0.161. The Morgan fingerprint density at radius 3 is 1.84 bits per heavy atom. The zero-order valence-corrected chi connectivity index (χ0v) is 18.2. The molecule has 1 nitrogen and oxygen atoms in total. The smallest absolute Gasteiger partial charge is 0.0807 e. The molecule has 0 spiro atoms. The van der Waals surface area contributed by atoms with Gasteiger partial charge in [0.1, 0.15) is 0 Å². The lowest BCUT2D eigenvalue weighted by atomic mass is 9.76. The largest absolute Gasteiger partial charge is 0.369 e. The lowest BCUT2D eigenvalue weighted by Crippen LogP contribution is -2.08. The van der Waals surface area contributed by atoms with Crippen LogP contribution in [0.2, 0.25) is 0 Å². The lowest BCUT2D eigenvalue weighted by molar-refractivity contribution is 0.0551. The van der Waals surface area contributed by atoms with E-state index in [1.165, 1.54) is 66.1 Å². The number of benzene rings is 5. The molecule has 0 N–H and O–H groups in total. The van der Waals surface area contributed by atoms with Crippen LogP contribution in [0.15, 0.2) is 84.9 Å². The van der Waals surface area contributed by atoms with Crippen LogP contribution in [0.5, 0.6) is 0 Å². The molecular formula is C31H24O. The highest BCUT2D eigenvalue weighted by molar-refractivity contribution is 6.09. The van der Waals surface area contributed by atoms with Gasteiger partial charge in [-0.1, -0.05) is 84.9 Å². The van der Waals surface area contributed by atoms with E-state index < -0.39 is 0 Å². The SMILES string of the molecule is C[C@@H]1OCc2ccc3ccccc3c2-c2c1ccc1c2-c2c(ccc3ccccc23)CC1. The highest BCUT2D eigenvalue weighted by atomic mass is 16.5. The normalized spacial score (nSPS) is 16.7. The van der Waals surface area contributed by atoms with Crippen LogP contribution in [-0.4, -0.2) is 0 Å². The molecule has 7 rings (SSSR count). The fourth-order valence-corrected chi connectivity index (χ4v) is 5.89. The van der Waals surface area contributed by atoms with Crippen molar-refractivity contribution in [1.82, 2.24) is 0 Å². The molecule has 32 heavy (non-hydrogen) atoms. The molecule has 1 heterocycles. The molecule has 0 aromatic heterocycles. The molecule has 154 valence electrons. The van der Waals surface area contributed by atoms with Gasteiger partial charge in [-0.15, -0.1) is 0 Å². The quantitative estimate of drug-likeness (QED) is 0.250. The molecule has 0 amide bonds. The molecule has 0 saturated heterocycles. The van der Waals surface area contributed by atoms with Crippen LogP contribution in [0.4, 0.5) is 0 Å². The van der Waals surface area contributed by atoms with Crippen LogP contribution in [0.3, 0.4) is 0 Å². The maximum atomic E-state index is 6.37. The van der Waals surface area contributed by atoms with E-state index in [2.05, 4.69) is 91.9 Å². The van der Waals surface area contributed by atoms with Crippen molar-refractivity contribution in [3.8, 4) is 22.3 Å². The number of aryl methyl sites for hydroxylation is 2. The van der Waals surface area contributed by atoms with Gasteiger partial charge < -0.3 is 4.74 Å². The molecule has 0 fully saturated rings. The third kappa shape index (κ3) is 2.49. The predicted molar refractivity (Wildman–Crippen MR) is 133 cm³/mol. The van der Waals surface area contributed by atoms with E-state index in [4.69, 9.17) is 4.74 Å². The fourth-order valence-electron chi connectivity index (χ4n) is 5.89. The molecule has 1 atom stereocenters. The van der Waals surface area contributed by atoms with Gasteiger partial charge in [0.15, 0.2) is 0 Å². The van der Waals surface area contributed by atoms with Crippen LogP contribution in [-0.2, 0) is 24.2 Å². The van der Waals surface area contributed by atoms with Crippen molar-refractivity contribution in [3.05, 3.63) is 107 Å². The molecule has 0 unspecified atom stereocenters. The van der Waals surface area contributed by atoms with Crippen LogP contribution in [0.1, 0.15) is 35.3 Å². The first-order chi connectivity index (χ1) is 15.8. The Bertz CT molecular complexity index is 1540. The Balaban J connectivity index is 1.69. The van der Waals surface area contributed by atoms with E-state index in [9.17, 15) is 0 Å². The van der Waals surface area contributed by atoms with Crippen LogP contribution < -0.4 is 0 Å². The zero-order valence-electron chi connectivity index (χ0n) is 18.2. The molecule has 0 saturated carbocycles. The summed E-state index contributed by atoms with van der Waals surface area (Å²) in [5, 5.41) is 5.29. The first-order valence-electron chi connectivity index (χ1n) is 11.6. The summed E-state index contributed by atoms with van der Waals surface area (Å²) in [6.45, 7) is 2.85. The molecule has 1 aliphatic carbocycles. The summed E-state index contributed by atoms with van der Waals surface area (Å²) < 4.78 is 6.37. The van der Waals surface area contributed by atoms with E-state index in [-0.39, 0.29) is 6.10 Å². The molecule has 1 aliphatic heterocycles. The molecule has 1 heteroatoms. The Morgan fingerprint density at radius 2 is 1.12 bits per heavy atom. The van der Waals surface area contributed by atoms with Crippen molar-refractivity contribution >= 4 is 21.5 Å². The molecule has 2 aliphatic rings. The minimum Gasteiger partial charge on any atom is -0.369 e. The van der Waals surface area contributed by atoms with E-state index in [0.717, 1.165) is 12.8 Å². The van der Waals surface area contributed by atoms with Crippen molar-refractivity contribution < 1.29 is 4.74 Å². The van der Waals surface area contributed by atoms with Crippen molar-refractivity contribution in [3.63, 3.8) is 0 Å². The summed E-state index contributed by atoms with van der Waals surface area (Å²) in [5.74, 6) is 0. The average molecular weight is 413 g/mol. The first-order valence-corrected chi connectivity index (χ1v) is 11.6. The zero-order chi connectivity index (χ0) is 21.2. The second-order valence-electron chi connectivity index (χ2n) is 9.16. The summed E-state index contributed by atoms with van der Waals surface area (Å²) in [6, 6.07) is 31.5. The Morgan fingerprint density at radius 1 is 0.562 bits per heavy atom. The maximum absolute atomic E-state index is 6.37. The van der Waals surface area contributed by atoms with Gasteiger partial charge in [0, 0.05) is 0 Å². The summed E-state index contributed by atoms with van der Waals surface area (Å²) in [6.07, 6.45) is 2.24. The summed E-state index contributed by atoms with van der Waals surface area (Å²) in [7, 11) is 0. The van der Waals surface area contributed by atoms with Gasteiger partial charge in [0.25, 0.3) is 0 Å². The van der Waals surface area contributed by atoms with Crippen molar-refractivity contribution in [2.24, 2.45) is 0 Å². The highest BCUT2D eigenvalue weighted by Crippen LogP contribution is 2.50. The van der Waals surface area contributed by atoms with Gasteiger partial charge in [0.05, 0.1) is 12.7 Å². The maximum Gasteiger partial charge on any atom is 0.0807 e. The number of ether oxygens (including phenoxy) is 1. The van der Waals surface area contributed by atoms with E-state index in [1.54, 1.807) is 0 Å². The van der Waals surface area contributed by atoms with Gasteiger partial charge >= 0.3 is 0 Å². The standard InChI is InChI=1S/C31H24O/c1-19-25-17-16-23-14-13-22-12-10-20-6-2-4-8-26(20)28(22)30(23)31(25)29-24(18-32-19)15-11-21-7-3-5-9-27(21)29/h2-12,15-17,19H,13-14,18H2,1H3/t19-/m0/s1. The Kier molecular flexibility index (Phi) is 3.86. The molecular weight excluding hydrogens is 388 g/mol. The van der Waals surface area contributed by atoms with Crippen LogP contribution >= 0.6 is 0 Å².